The highest BCUT2D eigenvalue weighted by atomic mass is 16.2. The molecule has 0 radical (unpaired) electrons. The topological polar surface area (TPSA) is 81.8 Å². The van der Waals surface area contributed by atoms with Gasteiger partial charge in [0.15, 0.2) is 0 Å². The van der Waals surface area contributed by atoms with Crippen LogP contribution in [0.15, 0.2) is 0 Å². The number of carbonyl (C=O) groups excluding carboxylic acids is 3. The zero-order valence-electron chi connectivity index (χ0n) is 12.3. The molecular weight excluding hydrogens is 260 g/mol. The fourth-order valence-corrected chi connectivity index (χ4v) is 2.18. The number of urea groups is 1. The minimum absolute atomic E-state index is 0.184. The monoisotopic (exact) mass is 284 g/mol. The number of carbonyl (C=O) groups is 3. The third-order valence-electron chi connectivity index (χ3n) is 3.38. The van der Waals surface area contributed by atoms with Crippen LogP contribution in [0.25, 0.3) is 0 Å². The molecule has 114 valence electrons. The van der Waals surface area contributed by atoms with Crippen molar-refractivity contribution in [3.05, 3.63) is 0 Å². The van der Waals surface area contributed by atoms with E-state index < -0.39 is 6.03 Å². The van der Waals surface area contributed by atoms with Crippen LogP contribution in [-0.2, 0) is 9.59 Å². The van der Waals surface area contributed by atoms with E-state index in [0.29, 0.717) is 19.5 Å². The van der Waals surface area contributed by atoms with E-state index in [0.717, 1.165) is 26.1 Å². The molecule has 7 nitrogen and oxygen atoms in total. The molecule has 1 saturated heterocycles. The van der Waals surface area contributed by atoms with Crippen molar-refractivity contribution in [2.24, 2.45) is 0 Å². The summed E-state index contributed by atoms with van der Waals surface area (Å²) in [7, 11) is 1.47. The van der Waals surface area contributed by atoms with Crippen molar-refractivity contribution in [2.45, 2.75) is 26.2 Å². The molecular formula is C13H24N4O3. The van der Waals surface area contributed by atoms with Crippen LogP contribution in [0.1, 0.15) is 26.2 Å². The van der Waals surface area contributed by atoms with E-state index in [-0.39, 0.29) is 18.2 Å². The average Bonchev–Trinajstić information content (AvgIpc) is 2.69. The highest BCUT2D eigenvalue weighted by molar-refractivity contribution is 5.94. The summed E-state index contributed by atoms with van der Waals surface area (Å²) in [5.41, 5.74) is 0. The molecule has 7 heteroatoms. The van der Waals surface area contributed by atoms with E-state index >= 15 is 0 Å². The van der Waals surface area contributed by atoms with Gasteiger partial charge in [-0.1, -0.05) is 6.92 Å². The second-order valence-electron chi connectivity index (χ2n) is 4.81. The van der Waals surface area contributed by atoms with Gasteiger partial charge in [-0.05, 0) is 13.0 Å². The second-order valence-corrected chi connectivity index (χ2v) is 4.81. The number of hydrogen-bond donors (Lipinski definition) is 2. The predicted molar refractivity (Wildman–Crippen MR) is 75.1 cm³/mol. The van der Waals surface area contributed by atoms with Gasteiger partial charge in [-0.2, -0.15) is 0 Å². The highest BCUT2D eigenvalue weighted by Gasteiger charge is 2.18. The summed E-state index contributed by atoms with van der Waals surface area (Å²) in [4.78, 5) is 38.2. The van der Waals surface area contributed by atoms with Crippen LogP contribution < -0.4 is 10.6 Å². The lowest BCUT2D eigenvalue weighted by Gasteiger charge is -2.21. The Labute approximate surface area is 119 Å². The first kappa shape index (κ1) is 16.4. The van der Waals surface area contributed by atoms with Crippen LogP contribution >= 0.6 is 0 Å². The molecule has 0 aromatic carbocycles. The Morgan fingerprint density at radius 1 is 1.10 bits per heavy atom. The normalized spacial score (nSPS) is 16.4. The molecule has 4 amide bonds. The third kappa shape index (κ3) is 5.56. The SMILES string of the molecule is CCC(=O)N1CCCN(CCC(=O)NC(=O)NC)CC1. The van der Waals surface area contributed by atoms with Crippen LogP contribution in [0.5, 0.6) is 0 Å². The summed E-state index contributed by atoms with van der Waals surface area (Å²) >= 11 is 0. The Bertz CT molecular complexity index is 360. The van der Waals surface area contributed by atoms with E-state index in [9.17, 15) is 14.4 Å². The summed E-state index contributed by atoms with van der Waals surface area (Å²) in [6, 6.07) is -0.481. The number of imide groups is 1. The van der Waals surface area contributed by atoms with Gasteiger partial charge in [0, 0.05) is 46.1 Å². The van der Waals surface area contributed by atoms with Crippen molar-refractivity contribution in [2.75, 3.05) is 39.8 Å². The Kier molecular flexibility index (Phi) is 7.00. The van der Waals surface area contributed by atoms with Gasteiger partial charge >= 0.3 is 6.03 Å². The standard InChI is InChI=1S/C13H24N4O3/c1-3-12(19)17-7-4-6-16(9-10-17)8-5-11(18)15-13(20)14-2/h3-10H2,1-2H3,(H2,14,15,18,20). The molecule has 0 saturated carbocycles. The maximum absolute atomic E-state index is 11.6. The van der Waals surface area contributed by atoms with Gasteiger partial charge in [-0.15, -0.1) is 0 Å². The average molecular weight is 284 g/mol. The van der Waals surface area contributed by atoms with Crippen molar-refractivity contribution in [3.63, 3.8) is 0 Å². The molecule has 2 N–H and O–H groups in total. The Morgan fingerprint density at radius 3 is 2.50 bits per heavy atom. The van der Waals surface area contributed by atoms with Gasteiger partial charge in [0.1, 0.15) is 0 Å². The van der Waals surface area contributed by atoms with Crippen LogP contribution in [0, 0.1) is 0 Å². The second kappa shape index (κ2) is 8.52. The van der Waals surface area contributed by atoms with Crippen LogP contribution in [0.2, 0.25) is 0 Å². The minimum Gasteiger partial charge on any atom is -0.341 e. The van der Waals surface area contributed by atoms with Gasteiger partial charge in [-0.25, -0.2) is 4.79 Å². The van der Waals surface area contributed by atoms with Gasteiger partial charge in [-0.3, -0.25) is 14.9 Å². The molecule has 0 bridgehead atoms. The van der Waals surface area contributed by atoms with E-state index in [1.807, 2.05) is 11.8 Å². The van der Waals surface area contributed by atoms with Crippen molar-refractivity contribution < 1.29 is 14.4 Å². The lowest BCUT2D eigenvalue weighted by atomic mass is 10.3. The van der Waals surface area contributed by atoms with Gasteiger partial charge in [0.25, 0.3) is 0 Å². The van der Waals surface area contributed by atoms with Gasteiger partial charge in [0.2, 0.25) is 11.8 Å². The molecule has 0 atom stereocenters. The molecule has 1 aliphatic heterocycles. The zero-order chi connectivity index (χ0) is 15.0. The molecule has 0 aromatic heterocycles. The maximum atomic E-state index is 11.6. The van der Waals surface area contributed by atoms with Crippen molar-refractivity contribution in [3.8, 4) is 0 Å². The first-order valence-electron chi connectivity index (χ1n) is 7.08. The molecule has 1 heterocycles. The Balaban J connectivity index is 2.30. The molecule has 1 aliphatic rings. The largest absolute Gasteiger partial charge is 0.341 e. The van der Waals surface area contributed by atoms with Crippen molar-refractivity contribution >= 4 is 17.8 Å². The number of hydrogen-bond acceptors (Lipinski definition) is 4. The summed E-state index contributed by atoms with van der Waals surface area (Å²) < 4.78 is 0. The quantitative estimate of drug-likeness (QED) is 0.747. The fraction of sp³-hybridized carbons (Fsp3) is 0.769. The molecule has 0 spiro atoms. The lowest BCUT2D eigenvalue weighted by molar-refractivity contribution is -0.130. The molecule has 20 heavy (non-hydrogen) atoms. The number of nitrogens with zero attached hydrogens (tertiary/aromatic N) is 2. The molecule has 0 unspecified atom stereocenters. The predicted octanol–water partition coefficient (Wildman–Crippen LogP) is -0.224. The van der Waals surface area contributed by atoms with Crippen molar-refractivity contribution in [1.29, 1.82) is 0 Å². The lowest BCUT2D eigenvalue weighted by Crippen LogP contribution is -2.40. The summed E-state index contributed by atoms with van der Waals surface area (Å²) in [5, 5.41) is 4.58. The highest BCUT2D eigenvalue weighted by Crippen LogP contribution is 2.05. The number of rotatable bonds is 4. The summed E-state index contributed by atoms with van der Waals surface area (Å²) in [6.07, 6.45) is 1.74. The first-order valence-corrected chi connectivity index (χ1v) is 7.08. The zero-order valence-corrected chi connectivity index (χ0v) is 12.3. The van der Waals surface area contributed by atoms with E-state index in [1.54, 1.807) is 0 Å². The summed E-state index contributed by atoms with van der Waals surface area (Å²) in [6.45, 7) is 5.63. The Hall–Kier alpha value is -1.63. The molecule has 1 rings (SSSR count). The summed E-state index contributed by atoms with van der Waals surface area (Å²) in [5.74, 6) is -0.0979. The molecule has 1 fully saturated rings. The third-order valence-corrected chi connectivity index (χ3v) is 3.38. The van der Waals surface area contributed by atoms with Crippen molar-refractivity contribution in [1.82, 2.24) is 20.4 Å². The van der Waals surface area contributed by atoms with Gasteiger partial charge < -0.3 is 15.1 Å². The Morgan fingerprint density at radius 2 is 1.85 bits per heavy atom. The van der Waals surface area contributed by atoms with Gasteiger partial charge in [0.05, 0.1) is 0 Å². The van der Waals surface area contributed by atoms with Crippen LogP contribution in [0.4, 0.5) is 4.79 Å². The smallest absolute Gasteiger partial charge is 0.321 e. The number of nitrogens with one attached hydrogen (secondary N) is 2. The maximum Gasteiger partial charge on any atom is 0.321 e. The van der Waals surface area contributed by atoms with Crippen LogP contribution in [-0.4, -0.2) is 67.4 Å². The van der Waals surface area contributed by atoms with E-state index in [2.05, 4.69) is 15.5 Å². The molecule has 0 aromatic rings. The minimum atomic E-state index is -0.481. The van der Waals surface area contributed by atoms with Crippen LogP contribution in [0.3, 0.4) is 0 Å². The van der Waals surface area contributed by atoms with E-state index in [4.69, 9.17) is 0 Å². The van der Waals surface area contributed by atoms with E-state index in [1.165, 1.54) is 7.05 Å². The first-order chi connectivity index (χ1) is 9.56. The number of amides is 4. The molecule has 0 aliphatic carbocycles. The fourth-order valence-electron chi connectivity index (χ4n) is 2.18.